The number of urea groups is 1. The van der Waals surface area contributed by atoms with E-state index in [1.165, 1.54) is 4.90 Å². The van der Waals surface area contributed by atoms with Crippen LogP contribution in [0.5, 0.6) is 5.75 Å². The van der Waals surface area contributed by atoms with Gasteiger partial charge in [0.25, 0.3) is 0 Å². The Hall–Kier alpha value is -7.58. The molecule has 7 atom stereocenters. The fourth-order valence-corrected chi connectivity index (χ4v) is 10.4. The molecule has 2 aliphatic rings. The minimum atomic E-state index is -1.05. The Morgan fingerprint density at radius 1 is 0.690 bits per heavy atom. The number of likely N-dealkylation sites (N-methyl/N-ethyl adjacent to an activating group) is 2. The number of azide groups is 1. The number of carbonyl (C=O) groups is 9. The molecule has 0 aromatic heterocycles. The van der Waals surface area contributed by atoms with E-state index in [0.29, 0.717) is 63.2 Å². The summed E-state index contributed by atoms with van der Waals surface area (Å²) in [5.74, 6) is -3.71. The Bertz CT molecular complexity index is 2620. The highest BCUT2D eigenvalue weighted by molar-refractivity contribution is 5.99. The normalized spacial score (nSPS) is 16.5. The van der Waals surface area contributed by atoms with Crippen molar-refractivity contribution in [3.8, 4) is 5.75 Å². The average Bonchev–Trinajstić information content (AvgIpc) is 1.97. The van der Waals surface area contributed by atoms with Gasteiger partial charge in [-0.2, -0.15) is 0 Å². The molecule has 0 radical (unpaired) electrons. The summed E-state index contributed by atoms with van der Waals surface area (Å²) in [5, 5.41) is 23.0. The Morgan fingerprint density at radius 2 is 1.28 bits per heavy atom. The van der Waals surface area contributed by atoms with Crippen LogP contribution in [0.15, 0.2) is 53.6 Å². The first-order chi connectivity index (χ1) is 41.5. The summed E-state index contributed by atoms with van der Waals surface area (Å²) in [6.45, 7) is 17.0. The molecule has 0 spiro atoms. The molecule has 2 fully saturated rings. The molecule has 0 aliphatic carbocycles. The van der Waals surface area contributed by atoms with Crippen molar-refractivity contribution in [1.29, 1.82) is 0 Å². The van der Waals surface area contributed by atoms with Gasteiger partial charge in [0.05, 0.1) is 39.1 Å². The molecule has 10 amide bonds. The molecular formula is C60H94N14O13. The van der Waals surface area contributed by atoms with E-state index in [0.717, 1.165) is 11.1 Å². The Morgan fingerprint density at radius 3 is 1.87 bits per heavy atom. The minimum Gasteiger partial charge on any atom is -0.489 e. The zero-order valence-electron chi connectivity index (χ0n) is 52.3. The number of benzene rings is 2. The third kappa shape index (κ3) is 23.2. The average molecular weight is 1220 g/mol. The van der Waals surface area contributed by atoms with Gasteiger partial charge in [-0.1, -0.05) is 84.8 Å². The molecule has 27 heteroatoms. The minimum absolute atomic E-state index is 0.0239. The van der Waals surface area contributed by atoms with Gasteiger partial charge in [-0.25, -0.2) is 4.79 Å². The van der Waals surface area contributed by atoms with Crippen molar-refractivity contribution in [2.24, 2.45) is 34.5 Å². The summed E-state index contributed by atoms with van der Waals surface area (Å²) in [6, 6.07) is 7.54. The highest BCUT2D eigenvalue weighted by Gasteiger charge is 2.46. The van der Waals surface area contributed by atoms with Crippen LogP contribution in [0, 0.1) is 23.7 Å². The lowest BCUT2D eigenvalue weighted by atomic mass is 9.96. The Balaban J connectivity index is 1.28. The topological polar surface area (TPSA) is 359 Å². The van der Waals surface area contributed by atoms with Crippen molar-refractivity contribution in [1.82, 2.24) is 46.6 Å². The van der Waals surface area contributed by atoms with E-state index in [2.05, 4.69) is 47.2 Å². The monoisotopic (exact) mass is 1220 g/mol. The van der Waals surface area contributed by atoms with Crippen LogP contribution in [0.25, 0.3) is 10.4 Å². The molecule has 7 unspecified atom stereocenters. The number of nitrogens with one attached hydrogen (secondary N) is 7. The number of nitrogens with zero attached hydrogens (tertiary/aromatic N) is 6. The number of likely N-dealkylation sites (tertiary alicyclic amines) is 2. The highest BCUT2D eigenvalue weighted by atomic mass is 16.5. The molecule has 0 saturated carbocycles. The first-order valence-corrected chi connectivity index (χ1v) is 30.1. The molecule has 4 rings (SSSR count). The van der Waals surface area contributed by atoms with Gasteiger partial charge in [-0.15, -0.1) is 0 Å². The van der Waals surface area contributed by atoms with Crippen LogP contribution in [0.3, 0.4) is 0 Å². The highest BCUT2D eigenvalue weighted by Crippen LogP contribution is 2.28. The molecule has 87 heavy (non-hydrogen) atoms. The number of hydrogen-bond donors (Lipinski definition) is 8. The van der Waals surface area contributed by atoms with Crippen LogP contribution in [0.1, 0.15) is 105 Å². The number of carbonyl (C=O) groups excluding carboxylic acids is 9. The Labute approximate surface area is 511 Å². The summed E-state index contributed by atoms with van der Waals surface area (Å²) in [4.78, 5) is 129. The number of hydrogen-bond acceptors (Lipinski definition) is 15. The number of primary amides is 1. The second-order valence-electron chi connectivity index (χ2n) is 23.1. The summed E-state index contributed by atoms with van der Waals surface area (Å²) >= 11 is 0. The molecule has 9 N–H and O–H groups in total. The summed E-state index contributed by atoms with van der Waals surface area (Å²) in [5.41, 5.74) is 15.5. The van der Waals surface area contributed by atoms with E-state index in [1.807, 2.05) is 53.7 Å². The summed E-state index contributed by atoms with van der Waals surface area (Å²) in [6.07, 6.45) is 2.53. The number of ether oxygens (including phenoxy) is 4. The number of nitrogens with two attached hydrogens (primary N) is 1. The standard InChI is InChI=1S/C60H94N14O13/c1-37(2)49(63-9)55(78)70-51(39(5)6)58(81)72(10)52(40(7)8)59(82)74-28-13-16-47(74)57(80)73-27-12-15-46(73)54(77)65-34-41-19-23-44(24-20-41)87-35-42-17-21-43(22-18-42)67-53(76)45(14-11-25-64-60(61)83)68-56(79)50(38(3)4)69-48(75)36-86-33-32-85-31-30-84-29-26-66-71-62/h17-24,37-40,45-47,49-52,63H,11-16,25-36H2,1-10H3,(H,65,77)(H,67,76)(H,68,79)(H,69,75)(H,70,78)(H3,61,64,83). The summed E-state index contributed by atoms with van der Waals surface area (Å²) in [7, 11) is 3.27. The zero-order valence-corrected chi connectivity index (χ0v) is 52.3. The molecule has 27 nitrogen and oxygen atoms in total. The van der Waals surface area contributed by atoms with Gasteiger partial charge in [-0.05, 0) is 110 Å². The molecular weight excluding hydrogens is 1120 g/mol. The van der Waals surface area contributed by atoms with Gasteiger partial charge >= 0.3 is 6.03 Å². The van der Waals surface area contributed by atoms with Crippen LogP contribution in [0.4, 0.5) is 10.5 Å². The third-order valence-corrected chi connectivity index (χ3v) is 15.1. The lowest BCUT2D eigenvalue weighted by Crippen LogP contribution is -2.61. The first-order valence-electron chi connectivity index (χ1n) is 30.1. The van der Waals surface area contributed by atoms with Crippen molar-refractivity contribution in [3.63, 3.8) is 0 Å². The maximum atomic E-state index is 14.5. The van der Waals surface area contributed by atoms with Gasteiger partial charge in [-0.3, -0.25) is 38.4 Å². The van der Waals surface area contributed by atoms with Gasteiger partial charge in [0, 0.05) is 50.4 Å². The van der Waals surface area contributed by atoms with Crippen molar-refractivity contribution in [2.45, 2.75) is 149 Å². The van der Waals surface area contributed by atoms with E-state index in [9.17, 15) is 43.2 Å². The van der Waals surface area contributed by atoms with Gasteiger partial charge in [0.15, 0.2) is 0 Å². The lowest BCUT2D eigenvalue weighted by Gasteiger charge is -2.38. The van der Waals surface area contributed by atoms with Crippen LogP contribution < -0.4 is 47.7 Å². The van der Waals surface area contributed by atoms with Crippen LogP contribution in [-0.2, 0) is 65.7 Å². The van der Waals surface area contributed by atoms with Crippen LogP contribution in [-0.4, -0.2) is 190 Å². The maximum Gasteiger partial charge on any atom is 0.312 e. The van der Waals surface area contributed by atoms with E-state index >= 15 is 0 Å². The van der Waals surface area contributed by atoms with Crippen molar-refractivity contribution >= 4 is 59.0 Å². The van der Waals surface area contributed by atoms with E-state index < -0.39 is 72.0 Å². The fraction of sp³-hybridized carbons (Fsp3) is 0.650. The Kier molecular flexibility index (Phi) is 30.7. The molecule has 2 heterocycles. The zero-order chi connectivity index (χ0) is 64.2. The SMILES string of the molecule is CNC(C(=O)NC(C(=O)N(C)C(C(=O)N1CCCC1C(=O)N1CCCC1C(=O)NCc1ccc(OCc2ccc(NC(=O)C(CCCNC(N)=O)NC(=O)C(NC(=O)COCCOCCOCCN=[N+]=[N-])C(C)C)cc2)cc1)C(C)C)C(C)C)C(C)C. The smallest absolute Gasteiger partial charge is 0.312 e. The lowest BCUT2D eigenvalue weighted by molar-refractivity contribution is -0.153. The van der Waals surface area contributed by atoms with Crippen molar-refractivity contribution < 1.29 is 62.1 Å². The van der Waals surface area contributed by atoms with E-state index in [1.54, 1.807) is 74.1 Å². The van der Waals surface area contributed by atoms with E-state index in [-0.39, 0.29) is 113 Å². The van der Waals surface area contributed by atoms with Crippen molar-refractivity contribution in [2.75, 3.05) is 85.2 Å². The molecule has 482 valence electrons. The third-order valence-electron chi connectivity index (χ3n) is 15.1. The molecule has 2 saturated heterocycles. The largest absolute Gasteiger partial charge is 0.489 e. The van der Waals surface area contributed by atoms with Crippen molar-refractivity contribution in [3.05, 3.63) is 70.1 Å². The molecule has 2 aromatic carbocycles. The summed E-state index contributed by atoms with van der Waals surface area (Å²) < 4.78 is 22.1. The first kappa shape index (κ1) is 71.9. The van der Waals surface area contributed by atoms with E-state index in [4.69, 9.17) is 30.2 Å². The predicted octanol–water partition coefficient (Wildman–Crippen LogP) is 3.10. The number of anilines is 1. The van der Waals surface area contributed by atoms with Gasteiger partial charge < -0.3 is 76.6 Å². The van der Waals surface area contributed by atoms with Gasteiger partial charge in [0.1, 0.15) is 55.2 Å². The predicted molar refractivity (Wildman–Crippen MR) is 325 cm³/mol. The number of amides is 10. The quantitative estimate of drug-likeness (QED) is 0.0209. The van der Waals surface area contributed by atoms with Gasteiger partial charge in [0.2, 0.25) is 47.3 Å². The fourth-order valence-electron chi connectivity index (χ4n) is 10.4. The number of rotatable bonds is 37. The molecule has 2 aliphatic heterocycles. The maximum absolute atomic E-state index is 14.5. The second kappa shape index (κ2) is 37.2. The van der Waals surface area contributed by atoms with Crippen LogP contribution >= 0.6 is 0 Å². The second-order valence-corrected chi connectivity index (χ2v) is 23.1. The molecule has 2 aromatic rings. The van der Waals surface area contributed by atoms with Crippen LogP contribution in [0.2, 0.25) is 0 Å². The molecule has 0 bridgehead atoms.